The lowest BCUT2D eigenvalue weighted by Gasteiger charge is -2.11. The fraction of sp³-hybridized carbons (Fsp3) is 0.211. The van der Waals surface area contributed by atoms with Gasteiger partial charge in [0.05, 0.1) is 23.4 Å². The molecule has 0 aliphatic rings. The van der Waals surface area contributed by atoms with E-state index in [1.807, 2.05) is 0 Å². The van der Waals surface area contributed by atoms with Crippen molar-refractivity contribution in [1.29, 1.82) is 0 Å². The minimum atomic E-state index is -4.85. The number of benzene rings is 2. The number of amides is 1. The average Bonchev–Trinajstić information content (AvgIpc) is 2.66. The first-order valence-electron chi connectivity index (χ1n) is 8.28. The Morgan fingerprint density at radius 1 is 0.931 bits per heavy atom. The Hall–Kier alpha value is -3.56. The fourth-order valence-electron chi connectivity index (χ4n) is 2.17. The molecule has 10 heteroatoms. The van der Waals surface area contributed by atoms with E-state index in [2.05, 4.69) is 10.1 Å². The van der Waals surface area contributed by atoms with E-state index in [4.69, 9.17) is 9.47 Å². The molecule has 0 aliphatic heterocycles. The lowest BCUT2D eigenvalue weighted by Crippen LogP contribution is -2.22. The van der Waals surface area contributed by atoms with Gasteiger partial charge in [-0.25, -0.2) is 9.59 Å². The van der Waals surface area contributed by atoms with Gasteiger partial charge in [-0.3, -0.25) is 4.79 Å². The lowest BCUT2D eigenvalue weighted by molar-refractivity contribution is -0.274. The summed E-state index contributed by atoms with van der Waals surface area (Å²) >= 11 is 0. The molecule has 29 heavy (non-hydrogen) atoms. The van der Waals surface area contributed by atoms with Crippen LogP contribution in [0.15, 0.2) is 48.5 Å². The molecule has 0 bridgehead atoms. The van der Waals surface area contributed by atoms with E-state index in [1.165, 1.54) is 12.1 Å². The first-order valence-corrected chi connectivity index (χ1v) is 8.28. The zero-order valence-electron chi connectivity index (χ0n) is 15.1. The summed E-state index contributed by atoms with van der Waals surface area (Å²) in [5, 5.41) is 2.43. The summed E-state index contributed by atoms with van der Waals surface area (Å²) < 4.78 is 49.8. The van der Waals surface area contributed by atoms with Crippen LogP contribution >= 0.6 is 0 Å². The van der Waals surface area contributed by atoms with Gasteiger partial charge in [0.1, 0.15) is 5.75 Å². The summed E-state index contributed by atoms with van der Waals surface area (Å²) in [6, 6.07) is 10.1. The maximum atomic E-state index is 12.1. The average molecular weight is 411 g/mol. The second-order valence-electron chi connectivity index (χ2n) is 5.46. The number of anilines is 1. The molecule has 2 rings (SSSR count). The van der Waals surface area contributed by atoms with Gasteiger partial charge >= 0.3 is 18.3 Å². The van der Waals surface area contributed by atoms with Gasteiger partial charge in [0.2, 0.25) is 0 Å². The second-order valence-corrected chi connectivity index (χ2v) is 5.46. The molecule has 7 nitrogen and oxygen atoms in total. The second kappa shape index (κ2) is 9.58. The largest absolute Gasteiger partial charge is 0.573 e. The Kier molecular flexibility index (Phi) is 7.18. The van der Waals surface area contributed by atoms with Crippen molar-refractivity contribution in [1.82, 2.24) is 0 Å². The van der Waals surface area contributed by atoms with Crippen LogP contribution in [0.4, 0.5) is 18.9 Å². The summed E-state index contributed by atoms with van der Waals surface area (Å²) in [6.07, 6.45) is -4.85. The quantitative estimate of drug-likeness (QED) is 0.701. The van der Waals surface area contributed by atoms with Crippen LogP contribution in [0.5, 0.6) is 5.75 Å². The lowest BCUT2D eigenvalue weighted by atomic mass is 10.2. The number of alkyl halides is 3. The van der Waals surface area contributed by atoms with Gasteiger partial charge in [0.15, 0.2) is 6.61 Å². The highest BCUT2D eigenvalue weighted by Gasteiger charge is 2.31. The molecular weight excluding hydrogens is 395 g/mol. The van der Waals surface area contributed by atoms with Gasteiger partial charge in [-0.05, 0) is 43.3 Å². The van der Waals surface area contributed by atoms with Crippen molar-refractivity contribution in [2.45, 2.75) is 13.3 Å². The molecule has 0 radical (unpaired) electrons. The highest BCUT2D eigenvalue weighted by atomic mass is 19.4. The van der Waals surface area contributed by atoms with Crippen LogP contribution in [-0.4, -0.2) is 37.4 Å². The van der Waals surface area contributed by atoms with Crippen molar-refractivity contribution < 1.29 is 41.8 Å². The maximum Gasteiger partial charge on any atom is 0.573 e. The monoisotopic (exact) mass is 411 g/mol. The molecule has 154 valence electrons. The van der Waals surface area contributed by atoms with E-state index in [9.17, 15) is 27.6 Å². The van der Waals surface area contributed by atoms with Gasteiger partial charge in [0, 0.05) is 0 Å². The minimum absolute atomic E-state index is 0.0701. The Morgan fingerprint density at radius 3 is 2.21 bits per heavy atom. The van der Waals surface area contributed by atoms with E-state index in [-0.39, 0.29) is 23.4 Å². The number of esters is 2. The first kappa shape index (κ1) is 21.7. The molecule has 0 fully saturated rings. The van der Waals surface area contributed by atoms with Crippen molar-refractivity contribution in [2.75, 3.05) is 18.5 Å². The molecule has 1 N–H and O–H groups in total. The molecule has 0 aromatic heterocycles. The smallest absolute Gasteiger partial charge is 0.462 e. The molecule has 0 spiro atoms. The minimum Gasteiger partial charge on any atom is -0.462 e. The van der Waals surface area contributed by atoms with Crippen LogP contribution in [-0.2, 0) is 14.3 Å². The van der Waals surface area contributed by atoms with E-state index in [0.717, 1.165) is 24.3 Å². The number of carbonyl (C=O) groups is 3. The molecule has 0 aliphatic carbocycles. The molecule has 0 heterocycles. The number of ether oxygens (including phenoxy) is 3. The molecular formula is C19H16F3NO6. The number of rotatable bonds is 7. The topological polar surface area (TPSA) is 90.9 Å². The summed E-state index contributed by atoms with van der Waals surface area (Å²) in [7, 11) is 0. The van der Waals surface area contributed by atoms with Crippen LogP contribution < -0.4 is 10.1 Å². The number of para-hydroxylation sites is 1. The Labute approximate surface area is 163 Å². The highest BCUT2D eigenvalue weighted by molar-refractivity contribution is 6.02. The number of hydrogen-bond acceptors (Lipinski definition) is 6. The molecule has 2 aromatic carbocycles. The maximum absolute atomic E-state index is 12.1. The molecule has 1 amide bonds. The molecule has 0 unspecified atom stereocenters. The van der Waals surface area contributed by atoms with Crippen LogP contribution in [0, 0.1) is 0 Å². The zero-order chi connectivity index (χ0) is 21.4. The molecule has 0 saturated carbocycles. The molecule has 0 saturated heterocycles. The number of hydrogen-bond donors (Lipinski definition) is 1. The van der Waals surface area contributed by atoms with Crippen molar-refractivity contribution in [3.63, 3.8) is 0 Å². The van der Waals surface area contributed by atoms with Gasteiger partial charge in [0.25, 0.3) is 5.91 Å². The van der Waals surface area contributed by atoms with Crippen molar-refractivity contribution in [3.8, 4) is 5.75 Å². The van der Waals surface area contributed by atoms with Crippen molar-refractivity contribution in [3.05, 3.63) is 59.7 Å². The normalized spacial score (nSPS) is 10.8. The SMILES string of the molecule is CCOC(=O)c1ccccc1NC(=O)COC(=O)c1ccc(OC(F)(F)F)cc1. The third-order valence-electron chi connectivity index (χ3n) is 3.35. The van der Waals surface area contributed by atoms with Crippen LogP contribution in [0.1, 0.15) is 27.6 Å². The Bertz CT molecular complexity index is 880. The summed E-state index contributed by atoms with van der Waals surface area (Å²) in [4.78, 5) is 35.8. The summed E-state index contributed by atoms with van der Waals surface area (Å²) in [6.45, 7) is 1.13. The standard InChI is InChI=1S/C19H16F3NO6/c1-2-27-18(26)14-5-3-4-6-15(14)23-16(24)11-28-17(25)12-7-9-13(10-8-12)29-19(20,21)22/h3-10H,2,11H2,1H3,(H,23,24). The van der Waals surface area contributed by atoms with Gasteiger partial charge in [-0.15, -0.1) is 13.2 Å². The van der Waals surface area contributed by atoms with Crippen LogP contribution in [0.25, 0.3) is 0 Å². The molecule has 0 atom stereocenters. The van der Waals surface area contributed by atoms with E-state index >= 15 is 0 Å². The van der Waals surface area contributed by atoms with E-state index in [0.29, 0.717) is 0 Å². The van der Waals surface area contributed by atoms with Gasteiger partial charge < -0.3 is 19.5 Å². The third-order valence-corrected chi connectivity index (χ3v) is 3.35. The Balaban J connectivity index is 1.93. The van der Waals surface area contributed by atoms with Crippen molar-refractivity contribution in [2.24, 2.45) is 0 Å². The summed E-state index contributed by atoms with van der Waals surface area (Å²) in [5.41, 5.74) is 0.245. The first-order chi connectivity index (χ1) is 13.7. The van der Waals surface area contributed by atoms with Gasteiger partial charge in [-0.2, -0.15) is 0 Å². The van der Waals surface area contributed by atoms with E-state index in [1.54, 1.807) is 19.1 Å². The van der Waals surface area contributed by atoms with Crippen molar-refractivity contribution >= 4 is 23.5 Å². The third kappa shape index (κ3) is 6.83. The van der Waals surface area contributed by atoms with Gasteiger partial charge in [-0.1, -0.05) is 12.1 Å². The molecule has 2 aromatic rings. The van der Waals surface area contributed by atoms with Crippen LogP contribution in [0.3, 0.4) is 0 Å². The Morgan fingerprint density at radius 2 is 1.59 bits per heavy atom. The zero-order valence-corrected chi connectivity index (χ0v) is 15.1. The number of carbonyl (C=O) groups excluding carboxylic acids is 3. The highest BCUT2D eigenvalue weighted by Crippen LogP contribution is 2.23. The number of halogens is 3. The number of nitrogens with one attached hydrogen (secondary N) is 1. The predicted octanol–water partition coefficient (Wildman–Crippen LogP) is 3.56. The summed E-state index contributed by atoms with van der Waals surface area (Å²) in [5.74, 6) is -2.76. The fourth-order valence-corrected chi connectivity index (χ4v) is 2.17. The van der Waals surface area contributed by atoms with E-state index < -0.39 is 36.6 Å². The predicted molar refractivity (Wildman–Crippen MR) is 94.4 cm³/mol. The van der Waals surface area contributed by atoms with Crippen LogP contribution in [0.2, 0.25) is 0 Å².